The fourth-order valence-corrected chi connectivity index (χ4v) is 3.88. The molecule has 0 amide bonds. The standard InChI is InChI=1S/C19H20N2O3S/c1-15-8-10-18(11-9-15)25(22,23)21(13-17-6-4-3-5-7-17)14-19-20-12-16(2)24-19/h3-12H,13-14H2,1-2H3. The molecule has 0 aliphatic rings. The lowest BCUT2D eigenvalue weighted by molar-refractivity contribution is 0.345. The number of hydrogen-bond donors (Lipinski definition) is 0. The number of aryl methyl sites for hydroxylation is 2. The molecule has 0 aliphatic heterocycles. The fourth-order valence-electron chi connectivity index (χ4n) is 2.50. The van der Waals surface area contributed by atoms with Gasteiger partial charge in [0.05, 0.1) is 17.6 Å². The Bertz CT molecular complexity index is 932. The van der Waals surface area contributed by atoms with E-state index in [4.69, 9.17) is 4.42 Å². The zero-order chi connectivity index (χ0) is 17.9. The predicted molar refractivity (Wildman–Crippen MR) is 95.3 cm³/mol. The van der Waals surface area contributed by atoms with Crippen molar-refractivity contribution >= 4 is 10.0 Å². The van der Waals surface area contributed by atoms with E-state index in [-0.39, 0.29) is 18.0 Å². The number of nitrogens with zero attached hydrogens (tertiary/aromatic N) is 2. The molecule has 3 rings (SSSR count). The molecular weight excluding hydrogens is 336 g/mol. The summed E-state index contributed by atoms with van der Waals surface area (Å²) in [7, 11) is -3.67. The van der Waals surface area contributed by atoms with Gasteiger partial charge in [-0.25, -0.2) is 13.4 Å². The largest absolute Gasteiger partial charge is 0.445 e. The third kappa shape index (κ3) is 4.15. The van der Waals surface area contributed by atoms with E-state index in [1.807, 2.05) is 37.3 Å². The minimum absolute atomic E-state index is 0.0823. The van der Waals surface area contributed by atoms with Crippen LogP contribution in [0, 0.1) is 13.8 Å². The molecule has 3 aromatic rings. The summed E-state index contributed by atoms with van der Waals surface area (Å²) in [5, 5.41) is 0. The molecule has 0 saturated carbocycles. The highest BCUT2D eigenvalue weighted by molar-refractivity contribution is 7.89. The first-order valence-electron chi connectivity index (χ1n) is 7.97. The van der Waals surface area contributed by atoms with E-state index >= 15 is 0 Å². The number of rotatable bonds is 6. The van der Waals surface area contributed by atoms with E-state index in [2.05, 4.69) is 4.98 Å². The number of aromatic nitrogens is 1. The van der Waals surface area contributed by atoms with E-state index < -0.39 is 10.0 Å². The van der Waals surface area contributed by atoms with Crippen LogP contribution in [0.1, 0.15) is 22.8 Å². The van der Waals surface area contributed by atoms with E-state index in [1.165, 1.54) is 4.31 Å². The van der Waals surface area contributed by atoms with Crippen LogP contribution >= 0.6 is 0 Å². The summed E-state index contributed by atoms with van der Waals surface area (Å²) in [6.07, 6.45) is 1.59. The van der Waals surface area contributed by atoms with Gasteiger partial charge in [0.15, 0.2) is 0 Å². The van der Waals surface area contributed by atoms with Crippen molar-refractivity contribution < 1.29 is 12.8 Å². The molecule has 5 nitrogen and oxygen atoms in total. The highest BCUT2D eigenvalue weighted by Crippen LogP contribution is 2.21. The third-order valence-corrected chi connectivity index (χ3v) is 5.65. The van der Waals surface area contributed by atoms with Crippen LogP contribution in [0.2, 0.25) is 0 Å². The Morgan fingerprint density at radius 3 is 2.24 bits per heavy atom. The molecular formula is C19H20N2O3S. The maximum absolute atomic E-state index is 13.1. The molecule has 0 spiro atoms. The zero-order valence-electron chi connectivity index (χ0n) is 14.2. The van der Waals surface area contributed by atoms with Crippen LogP contribution in [0.15, 0.2) is 70.1 Å². The van der Waals surface area contributed by atoms with Crippen LogP contribution in [0.3, 0.4) is 0 Å². The number of benzene rings is 2. The summed E-state index contributed by atoms with van der Waals surface area (Å²) in [6, 6.07) is 16.3. The van der Waals surface area contributed by atoms with Crippen molar-refractivity contribution in [2.45, 2.75) is 31.8 Å². The van der Waals surface area contributed by atoms with Gasteiger partial charge in [0.1, 0.15) is 5.76 Å². The summed E-state index contributed by atoms with van der Waals surface area (Å²) < 4.78 is 33.1. The Morgan fingerprint density at radius 2 is 1.64 bits per heavy atom. The molecule has 0 atom stereocenters. The van der Waals surface area contributed by atoms with Gasteiger partial charge in [-0.1, -0.05) is 48.0 Å². The van der Waals surface area contributed by atoms with Gasteiger partial charge in [0, 0.05) is 6.54 Å². The van der Waals surface area contributed by atoms with Gasteiger partial charge in [-0.05, 0) is 31.5 Å². The first-order valence-corrected chi connectivity index (χ1v) is 9.41. The molecule has 2 aromatic carbocycles. The van der Waals surface area contributed by atoms with E-state index in [0.29, 0.717) is 11.7 Å². The zero-order valence-corrected chi connectivity index (χ0v) is 15.0. The average Bonchev–Trinajstić information content (AvgIpc) is 3.01. The molecule has 0 bridgehead atoms. The molecule has 6 heteroatoms. The van der Waals surface area contributed by atoms with Crippen molar-refractivity contribution in [1.29, 1.82) is 0 Å². The van der Waals surface area contributed by atoms with Gasteiger partial charge in [-0.2, -0.15) is 4.31 Å². The van der Waals surface area contributed by atoms with Crippen molar-refractivity contribution in [2.24, 2.45) is 0 Å². The van der Waals surface area contributed by atoms with Crippen LogP contribution in [-0.2, 0) is 23.1 Å². The lowest BCUT2D eigenvalue weighted by atomic mass is 10.2. The molecule has 0 N–H and O–H groups in total. The molecule has 25 heavy (non-hydrogen) atoms. The summed E-state index contributed by atoms with van der Waals surface area (Å²) in [6.45, 7) is 4.04. The van der Waals surface area contributed by atoms with Crippen molar-refractivity contribution in [3.05, 3.63) is 83.6 Å². The summed E-state index contributed by atoms with van der Waals surface area (Å²) in [5.41, 5.74) is 1.92. The third-order valence-electron chi connectivity index (χ3n) is 3.84. The Labute approximate surface area is 148 Å². The number of sulfonamides is 1. The van der Waals surface area contributed by atoms with Crippen LogP contribution < -0.4 is 0 Å². The van der Waals surface area contributed by atoms with E-state index in [9.17, 15) is 8.42 Å². The van der Waals surface area contributed by atoms with Gasteiger partial charge in [-0.15, -0.1) is 0 Å². The number of hydrogen-bond acceptors (Lipinski definition) is 4. The van der Waals surface area contributed by atoms with Gasteiger partial charge in [0.2, 0.25) is 15.9 Å². The molecule has 0 unspecified atom stereocenters. The predicted octanol–water partition coefficient (Wildman–Crippen LogP) is 3.68. The molecule has 1 heterocycles. The van der Waals surface area contributed by atoms with Crippen molar-refractivity contribution in [3.63, 3.8) is 0 Å². The normalized spacial score (nSPS) is 11.8. The molecule has 0 saturated heterocycles. The first-order chi connectivity index (χ1) is 11.9. The maximum Gasteiger partial charge on any atom is 0.243 e. The molecule has 130 valence electrons. The van der Waals surface area contributed by atoms with Gasteiger partial charge >= 0.3 is 0 Å². The van der Waals surface area contributed by atoms with Crippen LogP contribution in [0.5, 0.6) is 0 Å². The van der Waals surface area contributed by atoms with Crippen LogP contribution in [0.4, 0.5) is 0 Å². The highest BCUT2D eigenvalue weighted by atomic mass is 32.2. The van der Waals surface area contributed by atoms with Gasteiger partial charge < -0.3 is 4.42 Å². The Balaban J connectivity index is 1.95. The van der Waals surface area contributed by atoms with Crippen LogP contribution in [-0.4, -0.2) is 17.7 Å². The Hall–Kier alpha value is -2.44. The second-order valence-corrected chi connectivity index (χ2v) is 7.87. The highest BCUT2D eigenvalue weighted by Gasteiger charge is 2.26. The SMILES string of the molecule is Cc1ccc(S(=O)(=O)N(Cc2ccccc2)Cc2ncc(C)o2)cc1. The molecule has 0 aliphatic carbocycles. The van der Waals surface area contributed by atoms with E-state index in [1.54, 1.807) is 37.4 Å². The second-order valence-electron chi connectivity index (χ2n) is 5.94. The van der Waals surface area contributed by atoms with Crippen LogP contribution in [0.25, 0.3) is 0 Å². The maximum atomic E-state index is 13.1. The molecule has 0 fully saturated rings. The molecule has 1 aromatic heterocycles. The minimum atomic E-state index is -3.67. The topological polar surface area (TPSA) is 63.4 Å². The lowest BCUT2D eigenvalue weighted by Gasteiger charge is -2.21. The molecule has 0 radical (unpaired) electrons. The smallest absolute Gasteiger partial charge is 0.243 e. The monoisotopic (exact) mass is 356 g/mol. The fraction of sp³-hybridized carbons (Fsp3) is 0.211. The second kappa shape index (κ2) is 7.21. The minimum Gasteiger partial charge on any atom is -0.445 e. The van der Waals surface area contributed by atoms with Gasteiger partial charge in [-0.3, -0.25) is 0 Å². The first kappa shape index (κ1) is 17.4. The van der Waals surface area contributed by atoms with Crippen molar-refractivity contribution in [1.82, 2.24) is 9.29 Å². The lowest BCUT2D eigenvalue weighted by Crippen LogP contribution is -2.30. The average molecular weight is 356 g/mol. The summed E-state index contributed by atoms with van der Waals surface area (Å²) in [4.78, 5) is 4.41. The quantitative estimate of drug-likeness (QED) is 0.676. The van der Waals surface area contributed by atoms with Gasteiger partial charge in [0.25, 0.3) is 0 Å². The van der Waals surface area contributed by atoms with E-state index in [0.717, 1.165) is 11.1 Å². The number of oxazole rings is 1. The summed E-state index contributed by atoms with van der Waals surface area (Å²) >= 11 is 0. The Kier molecular flexibility index (Phi) is 5.01. The summed E-state index contributed by atoms with van der Waals surface area (Å²) in [5.74, 6) is 1.03. The van der Waals surface area contributed by atoms with Crippen molar-refractivity contribution in [3.8, 4) is 0 Å². The Morgan fingerprint density at radius 1 is 0.960 bits per heavy atom. The van der Waals surface area contributed by atoms with Crippen molar-refractivity contribution in [2.75, 3.05) is 0 Å².